The van der Waals surface area contributed by atoms with Crippen LogP contribution in [-0.2, 0) is 20.9 Å². The summed E-state index contributed by atoms with van der Waals surface area (Å²) in [5.74, 6) is 0.316. The Morgan fingerprint density at radius 2 is 2.27 bits per heavy atom. The highest BCUT2D eigenvalue weighted by molar-refractivity contribution is 7.09. The highest BCUT2D eigenvalue weighted by Crippen LogP contribution is 2.58. The molecule has 4 rings (SSSR count). The molecule has 5 unspecified atom stereocenters. The van der Waals surface area contributed by atoms with Crippen molar-refractivity contribution in [2.24, 2.45) is 23.7 Å². The van der Waals surface area contributed by atoms with Gasteiger partial charge in [-0.05, 0) is 44.1 Å². The highest BCUT2D eigenvalue weighted by atomic mass is 32.1. The molecule has 0 N–H and O–H groups in total. The molecule has 1 aromatic rings. The second-order valence-electron chi connectivity index (χ2n) is 7.06. The maximum atomic E-state index is 13.2. The molecule has 118 valence electrons. The van der Waals surface area contributed by atoms with E-state index >= 15 is 0 Å². The summed E-state index contributed by atoms with van der Waals surface area (Å²) in [5.41, 5.74) is 0. The van der Waals surface area contributed by atoms with Crippen LogP contribution in [0.5, 0.6) is 0 Å². The number of nitrogens with zero attached hydrogens (tertiary/aromatic N) is 1. The zero-order valence-corrected chi connectivity index (χ0v) is 13.7. The van der Waals surface area contributed by atoms with E-state index in [1.165, 1.54) is 4.88 Å². The fourth-order valence-electron chi connectivity index (χ4n) is 4.62. The molecule has 3 fully saturated rings. The maximum absolute atomic E-state index is 13.2. The fraction of sp³-hybridized carbons (Fsp3) is 0.647. The van der Waals surface area contributed by atoms with Crippen molar-refractivity contribution in [1.29, 1.82) is 0 Å². The number of hydrogen-bond donors (Lipinski definition) is 0. The average Bonchev–Trinajstić information content (AvgIpc) is 3.19. The summed E-state index contributed by atoms with van der Waals surface area (Å²) in [7, 11) is 0. The van der Waals surface area contributed by atoms with Crippen molar-refractivity contribution >= 4 is 23.2 Å². The van der Waals surface area contributed by atoms with Gasteiger partial charge in [-0.25, -0.2) is 0 Å². The molecule has 1 amide bonds. The van der Waals surface area contributed by atoms with Gasteiger partial charge in [0.1, 0.15) is 6.10 Å². The lowest BCUT2D eigenvalue weighted by Crippen LogP contribution is -2.45. The Morgan fingerprint density at radius 3 is 2.95 bits per heavy atom. The van der Waals surface area contributed by atoms with E-state index in [0.717, 1.165) is 12.8 Å². The number of thiophene rings is 1. The molecule has 3 aliphatic rings. The lowest BCUT2D eigenvalue weighted by Gasteiger charge is -2.33. The smallest absolute Gasteiger partial charge is 0.310 e. The first-order valence-corrected chi connectivity index (χ1v) is 8.97. The van der Waals surface area contributed by atoms with Crippen molar-refractivity contribution in [2.75, 3.05) is 0 Å². The molecule has 2 aliphatic carbocycles. The van der Waals surface area contributed by atoms with Crippen LogP contribution in [0.25, 0.3) is 0 Å². The predicted octanol–water partition coefficient (Wildman–Crippen LogP) is 2.68. The van der Waals surface area contributed by atoms with Crippen LogP contribution in [0.15, 0.2) is 17.5 Å². The van der Waals surface area contributed by atoms with Crippen molar-refractivity contribution < 1.29 is 14.3 Å². The van der Waals surface area contributed by atoms with E-state index < -0.39 is 0 Å². The van der Waals surface area contributed by atoms with Gasteiger partial charge in [0.15, 0.2) is 0 Å². The van der Waals surface area contributed by atoms with Crippen LogP contribution in [0.1, 0.15) is 31.6 Å². The Hall–Kier alpha value is -1.36. The Bertz CT molecular complexity index is 595. The van der Waals surface area contributed by atoms with E-state index in [-0.39, 0.29) is 35.9 Å². The van der Waals surface area contributed by atoms with E-state index in [2.05, 4.69) is 19.9 Å². The summed E-state index contributed by atoms with van der Waals surface area (Å²) in [5, 5.41) is 2.04. The zero-order chi connectivity index (χ0) is 15.4. The quantitative estimate of drug-likeness (QED) is 0.802. The third-order valence-electron chi connectivity index (χ3n) is 5.58. The predicted molar refractivity (Wildman–Crippen MR) is 83.1 cm³/mol. The first-order chi connectivity index (χ1) is 10.6. The molecule has 5 heteroatoms. The second-order valence-corrected chi connectivity index (χ2v) is 8.09. The number of ether oxygens (including phenoxy) is 1. The van der Waals surface area contributed by atoms with E-state index in [9.17, 15) is 9.59 Å². The van der Waals surface area contributed by atoms with Crippen molar-refractivity contribution in [3.63, 3.8) is 0 Å². The minimum Gasteiger partial charge on any atom is -0.462 e. The number of esters is 1. The number of rotatable bonds is 4. The minimum absolute atomic E-state index is 0.0938. The van der Waals surface area contributed by atoms with Gasteiger partial charge < -0.3 is 9.64 Å². The third kappa shape index (κ3) is 2.02. The molecule has 22 heavy (non-hydrogen) atoms. The zero-order valence-electron chi connectivity index (χ0n) is 12.9. The van der Waals surface area contributed by atoms with Gasteiger partial charge in [-0.2, -0.15) is 0 Å². The molecule has 2 saturated carbocycles. The maximum Gasteiger partial charge on any atom is 0.310 e. The number of hydrogen-bond acceptors (Lipinski definition) is 4. The molecular formula is C17H21NO3S. The summed E-state index contributed by atoms with van der Waals surface area (Å²) in [6.07, 6.45) is 1.97. The SMILES string of the molecule is CC(C)N(Cc1cccs1)C(=O)C1C2CC3OC(=O)C1C3C2. The Morgan fingerprint density at radius 1 is 1.45 bits per heavy atom. The van der Waals surface area contributed by atoms with Crippen LogP contribution >= 0.6 is 11.3 Å². The minimum atomic E-state index is -0.180. The van der Waals surface area contributed by atoms with Crippen LogP contribution < -0.4 is 0 Å². The summed E-state index contributed by atoms with van der Waals surface area (Å²) < 4.78 is 5.46. The van der Waals surface area contributed by atoms with Gasteiger partial charge in [0, 0.05) is 16.8 Å². The van der Waals surface area contributed by atoms with Crippen LogP contribution in [0.2, 0.25) is 0 Å². The van der Waals surface area contributed by atoms with E-state index in [1.54, 1.807) is 11.3 Å². The molecule has 5 atom stereocenters. The van der Waals surface area contributed by atoms with Crippen molar-refractivity contribution in [3.8, 4) is 0 Å². The largest absolute Gasteiger partial charge is 0.462 e. The summed E-state index contributed by atoms with van der Waals surface area (Å²) >= 11 is 1.67. The second kappa shape index (κ2) is 5.08. The summed E-state index contributed by atoms with van der Waals surface area (Å²) in [6.45, 7) is 4.75. The summed E-state index contributed by atoms with van der Waals surface area (Å²) in [4.78, 5) is 28.4. The van der Waals surface area contributed by atoms with Crippen molar-refractivity contribution in [1.82, 2.24) is 4.90 Å². The Kier molecular flexibility index (Phi) is 3.29. The summed E-state index contributed by atoms with van der Waals surface area (Å²) in [6, 6.07) is 4.22. The lowest BCUT2D eigenvalue weighted by atomic mass is 9.79. The molecule has 4 nitrogen and oxygen atoms in total. The molecule has 1 aromatic heterocycles. The van der Waals surface area contributed by atoms with Crippen molar-refractivity contribution in [2.45, 2.75) is 45.4 Å². The molecule has 1 aliphatic heterocycles. The number of carbonyl (C=O) groups is 2. The van der Waals surface area contributed by atoms with Crippen LogP contribution in [0.4, 0.5) is 0 Å². The van der Waals surface area contributed by atoms with Gasteiger partial charge >= 0.3 is 5.97 Å². The highest BCUT2D eigenvalue weighted by Gasteiger charge is 2.64. The Labute approximate surface area is 134 Å². The molecule has 0 spiro atoms. The molecule has 0 aromatic carbocycles. The van der Waals surface area contributed by atoms with Gasteiger partial charge in [0.2, 0.25) is 5.91 Å². The monoisotopic (exact) mass is 319 g/mol. The lowest BCUT2D eigenvalue weighted by molar-refractivity contribution is -0.149. The van der Waals surface area contributed by atoms with Crippen molar-refractivity contribution in [3.05, 3.63) is 22.4 Å². The Balaban J connectivity index is 1.58. The number of fused-ring (bicyclic) bond motifs is 1. The molecule has 0 radical (unpaired) electrons. The van der Waals surface area contributed by atoms with Gasteiger partial charge in [-0.3, -0.25) is 9.59 Å². The number of amides is 1. The molecule has 2 bridgehead atoms. The van der Waals surface area contributed by atoms with Gasteiger partial charge in [-0.1, -0.05) is 6.07 Å². The van der Waals surface area contributed by atoms with Gasteiger partial charge in [0.05, 0.1) is 18.4 Å². The van der Waals surface area contributed by atoms with E-state index in [4.69, 9.17) is 4.74 Å². The van der Waals surface area contributed by atoms with E-state index in [1.807, 2.05) is 16.3 Å². The third-order valence-corrected chi connectivity index (χ3v) is 6.44. The standard InChI is InChI=1S/C17H21NO3S/c1-9(2)18(8-11-4-3-5-22-11)16(19)14-10-6-12-13(7-10)21-17(20)15(12)14/h3-5,9-10,12-15H,6-8H2,1-2H3. The average molecular weight is 319 g/mol. The molecular weight excluding hydrogens is 298 g/mol. The number of carbonyl (C=O) groups excluding carboxylic acids is 2. The first kappa shape index (κ1) is 14.2. The topological polar surface area (TPSA) is 46.6 Å². The van der Waals surface area contributed by atoms with Gasteiger partial charge in [0.25, 0.3) is 0 Å². The fourth-order valence-corrected chi connectivity index (χ4v) is 5.32. The van der Waals surface area contributed by atoms with Crippen LogP contribution in [0.3, 0.4) is 0 Å². The first-order valence-electron chi connectivity index (χ1n) is 8.09. The van der Waals surface area contributed by atoms with Gasteiger partial charge in [-0.15, -0.1) is 11.3 Å². The normalized spacial score (nSPS) is 35.2. The van der Waals surface area contributed by atoms with Crippen LogP contribution in [0, 0.1) is 23.7 Å². The van der Waals surface area contributed by atoms with Crippen LogP contribution in [-0.4, -0.2) is 28.9 Å². The van der Waals surface area contributed by atoms with E-state index in [0.29, 0.717) is 18.4 Å². The molecule has 1 saturated heterocycles. The molecule has 2 heterocycles.